The maximum atomic E-state index is 13.5. The summed E-state index contributed by atoms with van der Waals surface area (Å²) in [6.07, 6.45) is 1.29. The van der Waals surface area contributed by atoms with Crippen molar-refractivity contribution in [2.45, 2.75) is 79.4 Å². The Morgan fingerprint density at radius 1 is 0.962 bits per heavy atom. The first-order valence-corrected chi connectivity index (χ1v) is 18.1. The van der Waals surface area contributed by atoms with Crippen molar-refractivity contribution in [1.82, 2.24) is 15.5 Å². The molecule has 1 aromatic carbocycles. The van der Waals surface area contributed by atoms with E-state index in [-0.39, 0.29) is 67.3 Å². The van der Waals surface area contributed by atoms with E-state index in [1.807, 2.05) is 13.8 Å². The summed E-state index contributed by atoms with van der Waals surface area (Å²) in [5.41, 5.74) is 11.5. The number of aliphatic hydroxyl groups is 1. The number of nitrogens with zero attached hydrogens (tertiary/aromatic N) is 1. The Morgan fingerprint density at radius 3 is 2.21 bits per heavy atom. The molecule has 1 aliphatic rings. The molecule has 0 unspecified atom stereocenters. The Bertz CT molecular complexity index is 1190. The fourth-order valence-corrected chi connectivity index (χ4v) is 5.61. The van der Waals surface area contributed by atoms with Crippen LogP contribution in [0.25, 0.3) is 0 Å². The number of morpholine rings is 1. The number of halogens is 2. The largest absolute Gasteiger partial charge is 0.493 e. The van der Waals surface area contributed by atoms with Crippen molar-refractivity contribution < 1.29 is 38.4 Å². The van der Waals surface area contributed by atoms with E-state index in [2.05, 4.69) is 29.4 Å². The number of carbonyl (C=O) groups is 3. The maximum absolute atomic E-state index is 13.5. The number of methoxy groups -OCH3 is 1. The highest BCUT2D eigenvalue weighted by Gasteiger charge is 2.32. The summed E-state index contributed by atoms with van der Waals surface area (Å²) in [7, 11) is 1.66. The molecule has 1 heterocycles. The number of amides is 3. The summed E-state index contributed by atoms with van der Waals surface area (Å²) < 4.78 is 22.7. The van der Waals surface area contributed by atoms with Crippen molar-refractivity contribution in [2.75, 3.05) is 72.9 Å². The van der Waals surface area contributed by atoms with Crippen molar-refractivity contribution in [2.24, 2.45) is 40.6 Å². The molecule has 15 heteroatoms. The minimum absolute atomic E-state index is 0. The van der Waals surface area contributed by atoms with Crippen LogP contribution in [-0.2, 0) is 19.1 Å². The molecule has 0 saturated carbocycles. The summed E-state index contributed by atoms with van der Waals surface area (Å²) in [5.74, 6) is -0.384. The predicted molar refractivity (Wildman–Crippen MR) is 208 cm³/mol. The standard InChI is InChI=1S/C37H65N5O8.2ClH/c1-25(2)27(20-31(38)32(43)22-30(26(3)4)35(45)41-24-37(5,6)36(39)46)23-40-34(44)29-11-10-28(21-33(29)50-16-9-8-15-47-7)49-19-14-42-12-17-48-18-13-42;;/h10-11,21,25-27,30-32,43H,8-9,12-20,22-24,38H2,1-7H3,(H2,39,46)(H,40,44)(H,41,45);2*1H/t27-,30+,31+,32+;;/m1../s1. The van der Waals surface area contributed by atoms with Crippen LogP contribution in [0.1, 0.15) is 77.6 Å². The Morgan fingerprint density at radius 2 is 1.62 bits per heavy atom. The minimum atomic E-state index is -0.942. The Kier molecular flexibility index (Phi) is 24.4. The third-order valence-corrected chi connectivity index (χ3v) is 9.52. The SMILES string of the molecule is COCCCCOc1cc(OCCN2CCOCC2)ccc1C(=O)NC[C@@H](C[C@H](N)[C@@H](O)C[C@H](C(=O)NCC(C)(C)C(N)=O)C(C)C)C(C)C.Cl.Cl. The van der Waals surface area contributed by atoms with Gasteiger partial charge in [0.1, 0.15) is 18.1 Å². The van der Waals surface area contributed by atoms with E-state index in [4.69, 9.17) is 30.4 Å². The first kappa shape index (κ1) is 49.6. The van der Waals surface area contributed by atoms with Crippen LogP contribution >= 0.6 is 24.8 Å². The number of nitrogens with one attached hydrogen (secondary N) is 2. The van der Waals surface area contributed by atoms with Gasteiger partial charge in [-0.2, -0.15) is 0 Å². The van der Waals surface area contributed by atoms with Crippen LogP contribution in [0.3, 0.4) is 0 Å². The average Bonchev–Trinajstić information content (AvgIpc) is 3.07. The van der Waals surface area contributed by atoms with E-state index >= 15 is 0 Å². The van der Waals surface area contributed by atoms with Crippen LogP contribution < -0.4 is 31.6 Å². The second-order valence-corrected chi connectivity index (χ2v) is 14.7. The number of hydrogen-bond acceptors (Lipinski definition) is 10. The van der Waals surface area contributed by atoms with E-state index < -0.39 is 29.4 Å². The van der Waals surface area contributed by atoms with Gasteiger partial charge < -0.3 is 46.2 Å². The maximum Gasteiger partial charge on any atom is 0.255 e. The number of hydrogen-bond donors (Lipinski definition) is 5. The molecule has 52 heavy (non-hydrogen) atoms. The molecule has 0 bridgehead atoms. The van der Waals surface area contributed by atoms with Crippen molar-refractivity contribution in [3.63, 3.8) is 0 Å². The van der Waals surface area contributed by atoms with E-state index in [9.17, 15) is 19.5 Å². The van der Waals surface area contributed by atoms with Gasteiger partial charge in [-0.25, -0.2) is 0 Å². The van der Waals surface area contributed by atoms with Crippen molar-refractivity contribution in [3.8, 4) is 11.5 Å². The summed E-state index contributed by atoms with van der Waals surface area (Å²) >= 11 is 0. The molecule has 0 spiro atoms. The van der Waals surface area contributed by atoms with Crippen molar-refractivity contribution >= 4 is 42.5 Å². The van der Waals surface area contributed by atoms with Crippen molar-refractivity contribution in [3.05, 3.63) is 23.8 Å². The van der Waals surface area contributed by atoms with Gasteiger partial charge in [0.05, 0.1) is 36.9 Å². The fourth-order valence-electron chi connectivity index (χ4n) is 5.61. The fraction of sp³-hybridized carbons (Fsp3) is 0.757. The smallest absolute Gasteiger partial charge is 0.255 e. The summed E-state index contributed by atoms with van der Waals surface area (Å²) in [6.45, 7) is 17.3. The molecule has 7 N–H and O–H groups in total. The molecule has 3 amide bonds. The number of benzene rings is 1. The number of rotatable bonds is 24. The second kappa shape index (κ2) is 25.6. The average molecular weight is 781 g/mol. The normalized spacial score (nSPS) is 15.8. The van der Waals surface area contributed by atoms with E-state index in [1.165, 1.54) is 0 Å². The van der Waals surface area contributed by atoms with Gasteiger partial charge in [0, 0.05) is 64.5 Å². The molecule has 0 radical (unpaired) electrons. The van der Waals surface area contributed by atoms with E-state index in [0.29, 0.717) is 49.8 Å². The van der Waals surface area contributed by atoms with Crippen LogP contribution in [-0.4, -0.2) is 113 Å². The third kappa shape index (κ3) is 17.6. The molecule has 13 nitrogen and oxygen atoms in total. The predicted octanol–water partition coefficient (Wildman–Crippen LogP) is 3.42. The monoisotopic (exact) mass is 779 g/mol. The quantitative estimate of drug-likeness (QED) is 0.0974. The summed E-state index contributed by atoms with van der Waals surface area (Å²) in [4.78, 5) is 40.6. The van der Waals surface area contributed by atoms with Gasteiger partial charge in [-0.15, -0.1) is 24.8 Å². The van der Waals surface area contributed by atoms with E-state index in [0.717, 1.165) is 45.7 Å². The lowest BCUT2D eigenvalue weighted by molar-refractivity contribution is -0.130. The zero-order valence-electron chi connectivity index (χ0n) is 32.3. The molecule has 4 atom stereocenters. The molecule has 0 aliphatic carbocycles. The first-order chi connectivity index (χ1) is 23.7. The van der Waals surface area contributed by atoms with Crippen LogP contribution in [0.2, 0.25) is 0 Å². The van der Waals surface area contributed by atoms with Gasteiger partial charge in [-0.05, 0) is 69.4 Å². The summed E-state index contributed by atoms with van der Waals surface area (Å²) in [6, 6.07) is 4.67. The highest BCUT2D eigenvalue weighted by atomic mass is 35.5. The Balaban J connectivity index is 0.0000130. The molecule has 1 aromatic rings. The molecular weight excluding hydrogens is 713 g/mol. The summed E-state index contributed by atoms with van der Waals surface area (Å²) in [5, 5.41) is 17.0. The van der Waals surface area contributed by atoms with Gasteiger partial charge in [0.25, 0.3) is 5.91 Å². The first-order valence-electron chi connectivity index (χ1n) is 18.1. The van der Waals surface area contributed by atoms with E-state index in [1.54, 1.807) is 39.2 Å². The third-order valence-electron chi connectivity index (χ3n) is 9.52. The Hall–Kier alpha value is -2.39. The molecular formula is C37H67Cl2N5O8. The number of unbranched alkanes of at least 4 members (excludes halogenated alkanes) is 1. The van der Waals surface area contributed by atoms with Gasteiger partial charge >= 0.3 is 0 Å². The van der Waals surface area contributed by atoms with Gasteiger partial charge in [0.15, 0.2) is 0 Å². The molecule has 0 aromatic heterocycles. The second-order valence-electron chi connectivity index (χ2n) is 14.7. The lowest BCUT2D eigenvalue weighted by Gasteiger charge is -2.30. The molecule has 1 aliphatic heterocycles. The highest BCUT2D eigenvalue weighted by molar-refractivity contribution is 5.97. The number of carbonyl (C=O) groups excluding carboxylic acids is 3. The van der Waals surface area contributed by atoms with Crippen LogP contribution in [0.15, 0.2) is 18.2 Å². The van der Waals surface area contributed by atoms with Gasteiger partial charge in [0.2, 0.25) is 11.8 Å². The van der Waals surface area contributed by atoms with Crippen LogP contribution in [0.5, 0.6) is 11.5 Å². The topological polar surface area (TPSA) is 188 Å². The number of aliphatic hydroxyl groups excluding tert-OH is 1. The lowest BCUT2D eigenvalue weighted by Crippen LogP contribution is -2.47. The number of nitrogens with two attached hydrogens (primary N) is 2. The highest BCUT2D eigenvalue weighted by Crippen LogP contribution is 2.27. The number of ether oxygens (including phenoxy) is 4. The Labute approximate surface area is 323 Å². The zero-order chi connectivity index (χ0) is 37.3. The van der Waals surface area contributed by atoms with Gasteiger partial charge in [-0.3, -0.25) is 19.3 Å². The zero-order valence-corrected chi connectivity index (χ0v) is 34.0. The molecule has 1 saturated heterocycles. The number of primary amides is 1. The molecule has 302 valence electrons. The van der Waals surface area contributed by atoms with Gasteiger partial charge in [-0.1, -0.05) is 27.7 Å². The van der Waals surface area contributed by atoms with Crippen molar-refractivity contribution in [1.29, 1.82) is 0 Å². The van der Waals surface area contributed by atoms with Crippen LogP contribution in [0, 0.1) is 29.1 Å². The van der Waals surface area contributed by atoms with Crippen LogP contribution in [0.4, 0.5) is 0 Å². The molecule has 1 fully saturated rings. The minimum Gasteiger partial charge on any atom is -0.493 e. The lowest BCUT2D eigenvalue weighted by atomic mass is 9.83. The molecule has 2 rings (SSSR count).